The number of carbonyl (C=O) groups excluding carboxylic acids is 2. The van der Waals surface area contributed by atoms with Crippen molar-refractivity contribution in [2.75, 3.05) is 42.6 Å². The summed E-state index contributed by atoms with van der Waals surface area (Å²) in [4.78, 5) is 55.5. The zero-order chi connectivity index (χ0) is 32.2. The number of ether oxygens (including phenoxy) is 1. The molecule has 14 nitrogen and oxygen atoms in total. The molecule has 1 aromatic carbocycles. The average molecular weight is 747 g/mol. The second-order valence-corrected chi connectivity index (χ2v) is 13.0. The number of aromatic nitrogens is 3. The van der Waals surface area contributed by atoms with Crippen molar-refractivity contribution in [3.8, 4) is 0 Å². The van der Waals surface area contributed by atoms with Crippen molar-refractivity contribution in [2.45, 2.75) is 51.1 Å². The van der Waals surface area contributed by atoms with Crippen LogP contribution in [0.1, 0.15) is 36.2 Å². The number of nitrogens with zero attached hydrogens (tertiary/aromatic N) is 6. The van der Waals surface area contributed by atoms with Crippen LogP contribution in [0.3, 0.4) is 0 Å². The summed E-state index contributed by atoms with van der Waals surface area (Å²) in [5, 5.41) is 21.4. The summed E-state index contributed by atoms with van der Waals surface area (Å²) in [6, 6.07) is 3.87. The van der Waals surface area contributed by atoms with Gasteiger partial charge in [0.2, 0.25) is 11.9 Å². The number of anilines is 3. The van der Waals surface area contributed by atoms with E-state index in [2.05, 4.69) is 62.8 Å². The van der Waals surface area contributed by atoms with Crippen LogP contribution in [0.4, 0.5) is 23.0 Å². The molecule has 2 aliphatic heterocycles. The van der Waals surface area contributed by atoms with Crippen molar-refractivity contribution in [3.63, 3.8) is 0 Å². The van der Waals surface area contributed by atoms with Gasteiger partial charge in [0.25, 0.3) is 11.6 Å². The SMILES string of the molecule is CNc1cncc(CN2C[C@H](Nc3c(C(=O)N4C[C@@H](C)O[C@@H](C)C4)cc(Br)cc3[N+](=O)[O-])C[C@H]2C(=O)Nc2ncc(Br)cn2)c1. The van der Waals surface area contributed by atoms with Crippen LogP contribution < -0.4 is 16.0 Å². The molecule has 4 atom stereocenters. The number of morpholine rings is 1. The fourth-order valence-corrected chi connectivity index (χ4v) is 6.40. The minimum absolute atomic E-state index is 0.112. The van der Waals surface area contributed by atoms with Gasteiger partial charge in [-0.05, 0) is 53.9 Å². The first-order valence-electron chi connectivity index (χ1n) is 14.3. The Kier molecular flexibility index (Phi) is 10.3. The highest BCUT2D eigenvalue weighted by molar-refractivity contribution is 9.10. The molecule has 2 saturated heterocycles. The number of halogens is 2. The first kappa shape index (κ1) is 32.7. The maximum Gasteiger partial charge on any atom is 0.294 e. The molecule has 2 aliphatic rings. The second kappa shape index (κ2) is 14.1. The molecule has 0 spiro atoms. The van der Waals surface area contributed by atoms with Gasteiger partial charge in [0, 0.05) is 74.6 Å². The van der Waals surface area contributed by atoms with Gasteiger partial charge in [-0.1, -0.05) is 15.9 Å². The minimum atomic E-state index is -0.636. The standard InChI is InChI=1S/C29H33Br2N9O5/c1-16-12-39(13-17(2)45-16)28(42)23-5-19(30)6-24(40(43)44)26(23)36-22-7-25(27(41)37-29-34-9-20(31)10-35-29)38(15-22)14-18-4-21(32-3)11-33-8-18/h4-6,8-11,16-17,22,25,32,36H,7,12-15H2,1-3H3,(H,34,35,37,41)/t16-,17+,22-,25+/m1/s1. The van der Waals surface area contributed by atoms with E-state index in [9.17, 15) is 19.7 Å². The van der Waals surface area contributed by atoms with E-state index in [-0.39, 0.29) is 46.9 Å². The molecule has 0 radical (unpaired) electrons. The highest BCUT2D eigenvalue weighted by Gasteiger charge is 2.39. The Balaban J connectivity index is 1.45. The molecule has 3 N–H and O–H groups in total. The van der Waals surface area contributed by atoms with Crippen molar-refractivity contribution in [1.82, 2.24) is 24.8 Å². The third-order valence-electron chi connectivity index (χ3n) is 7.60. The fraction of sp³-hybridized carbons (Fsp3) is 0.414. The first-order valence-corrected chi connectivity index (χ1v) is 15.9. The van der Waals surface area contributed by atoms with E-state index in [0.29, 0.717) is 41.5 Å². The fourth-order valence-electron chi connectivity index (χ4n) is 5.75. The van der Waals surface area contributed by atoms with Crippen molar-refractivity contribution in [1.29, 1.82) is 0 Å². The largest absolute Gasteiger partial charge is 0.387 e. The predicted molar refractivity (Wildman–Crippen MR) is 175 cm³/mol. The summed E-state index contributed by atoms with van der Waals surface area (Å²) < 4.78 is 6.88. The summed E-state index contributed by atoms with van der Waals surface area (Å²) in [6.07, 6.45) is 6.45. The zero-order valence-electron chi connectivity index (χ0n) is 24.9. The molecular formula is C29H33Br2N9O5. The number of carbonyl (C=O) groups is 2. The van der Waals surface area contributed by atoms with E-state index in [4.69, 9.17) is 4.74 Å². The van der Waals surface area contributed by atoms with Crippen LogP contribution in [-0.2, 0) is 16.1 Å². The molecule has 4 heterocycles. The lowest BCUT2D eigenvalue weighted by molar-refractivity contribution is -0.384. The van der Waals surface area contributed by atoms with Gasteiger partial charge in [0.15, 0.2) is 0 Å². The molecule has 16 heteroatoms. The molecule has 0 unspecified atom stereocenters. The number of rotatable bonds is 9. The molecule has 2 amide bonds. The Labute approximate surface area is 276 Å². The van der Waals surface area contributed by atoms with Gasteiger partial charge < -0.3 is 20.3 Å². The van der Waals surface area contributed by atoms with Crippen LogP contribution in [0.2, 0.25) is 0 Å². The highest BCUT2D eigenvalue weighted by Crippen LogP contribution is 2.36. The van der Waals surface area contributed by atoms with Crippen molar-refractivity contribution < 1.29 is 19.2 Å². The van der Waals surface area contributed by atoms with Crippen molar-refractivity contribution in [2.24, 2.45) is 0 Å². The number of amides is 2. The monoisotopic (exact) mass is 745 g/mol. The van der Waals surface area contributed by atoms with Gasteiger partial charge in [-0.2, -0.15) is 0 Å². The van der Waals surface area contributed by atoms with E-state index >= 15 is 0 Å². The second-order valence-electron chi connectivity index (χ2n) is 11.1. The Bertz CT molecular complexity index is 1570. The summed E-state index contributed by atoms with van der Waals surface area (Å²) in [6.45, 7) is 5.24. The van der Waals surface area contributed by atoms with Gasteiger partial charge in [-0.3, -0.25) is 34.9 Å². The van der Waals surface area contributed by atoms with Crippen LogP contribution >= 0.6 is 31.9 Å². The van der Waals surface area contributed by atoms with E-state index < -0.39 is 17.0 Å². The first-order chi connectivity index (χ1) is 21.5. The van der Waals surface area contributed by atoms with Gasteiger partial charge in [0.1, 0.15) is 5.69 Å². The number of hydrogen-bond acceptors (Lipinski definition) is 11. The molecule has 3 aromatic rings. The van der Waals surface area contributed by atoms with Crippen LogP contribution in [0, 0.1) is 10.1 Å². The molecule has 0 saturated carbocycles. The number of likely N-dealkylation sites (tertiary alicyclic amines) is 1. The lowest BCUT2D eigenvalue weighted by Gasteiger charge is -2.35. The molecule has 0 aliphatic carbocycles. The zero-order valence-corrected chi connectivity index (χ0v) is 28.0. The normalized spacial score (nSPS) is 21.8. The molecular weight excluding hydrogens is 714 g/mol. The Morgan fingerprint density at radius 3 is 2.42 bits per heavy atom. The lowest BCUT2D eigenvalue weighted by atomic mass is 10.1. The topological polar surface area (TPSA) is 168 Å². The van der Waals surface area contributed by atoms with Crippen LogP contribution in [0.15, 0.2) is 51.9 Å². The van der Waals surface area contributed by atoms with Gasteiger partial charge >= 0.3 is 0 Å². The van der Waals surface area contributed by atoms with E-state index in [1.165, 1.54) is 18.5 Å². The minimum Gasteiger partial charge on any atom is -0.387 e. The Hall–Kier alpha value is -3.73. The number of nitrogens with one attached hydrogen (secondary N) is 3. The van der Waals surface area contributed by atoms with E-state index in [1.54, 1.807) is 30.4 Å². The van der Waals surface area contributed by atoms with Crippen LogP contribution in [0.5, 0.6) is 0 Å². The molecule has 2 fully saturated rings. The van der Waals surface area contributed by atoms with E-state index in [0.717, 1.165) is 11.3 Å². The van der Waals surface area contributed by atoms with Gasteiger partial charge in [0.05, 0.1) is 38.9 Å². The summed E-state index contributed by atoms with van der Waals surface area (Å²) in [7, 11) is 1.80. The number of nitro groups is 1. The van der Waals surface area contributed by atoms with Crippen molar-refractivity contribution >= 4 is 66.7 Å². The Morgan fingerprint density at radius 1 is 1.04 bits per heavy atom. The highest BCUT2D eigenvalue weighted by atomic mass is 79.9. The predicted octanol–water partition coefficient (Wildman–Crippen LogP) is 4.29. The molecule has 5 rings (SSSR count). The Morgan fingerprint density at radius 2 is 1.76 bits per heavy atom. The third-order valence-corrected chi connectivity index (χ3v) is 8.46. The number of benzene rings is 1. The maximum atomic E-state index is 13.9. The summed E-state index contributed by atoms with van der Waals surface area (Å²) in [5.41, 5.74) is 1.75. The van der Waals surface area contributed by atoms with Crippen LogP contribution in [-0.4, -0.2) is 92.5 Å². The molecule has 0 bridgehead atoms. The molecule has 238 valence electrons. The molecule has 45 heavy (non-hydrogen) atoms. The number of nitro benzene ring substituents is 1. The van der Waals surface area contributed by atoms with Gasteiger partial charge in [-0.15, -0.1) is 0 Å². The van der Waals surface area contributed by atoms with Gasteiger partial charge in [-0.25, -0.2) is 9.97 Å². The maximum absolute atomic E-state index is 13.9. The third kappa shape index (κ3) is 7.92. The average Bonchev–Trinajstić information content (AvgIpc) is 3.40. The molecule has 2 aromatic heterocycles. The van der Waals surface area contributed by atoms with E-state index in [1.807, 2.05) is 24.8 Å². The number of hydrogen-bond donors (Lipinski definition) is 3. The summed E-state index contributed by atoms with van der Waals surface area (Å²) >= 11 is 6.65. The summed E-state index contributed by atoms with van der Waals surface area (Å²) in [5.74, 6) is -0.503. The lowest BCUT2D eigenvalue weighted by Crippen LogP contribution is -2.48. The van der Waals surface area contributed by atoms with Crippen molar-refractivity contribution in [3.05, 3.63) is 73.2 Å². The number of pyridine rings is 1. The smallest absolute Gasteiger partial charge is 0.294 e. The van der Waals surface area contributed by atoms with Crippen LogP contribution in [0.25, 0.3) is 0 Å². The quantitative estimate of drug-likeness (QED) is 0.211.